The van der Waals surface area contributed by atoms with Crippen LogP contribution in [0.25, 0.3) is 11.3 Å². The van der Waals surface area contributed by atoms with Crippen LogP contribution in [0.15, 0.2) is 59.6 Å². The quantitative estimate of drug-likeness (QED) is 0.559. The number of hydrogen-bond donors (Lipinski definition) is 1. The number of hydrogen-bond acceptors (Lipinski definition) is 7. The maximum Gasteiger partial charge on any atom is 0.418 e. The normalized spacial score (nSPS) is 16.5. The molecular formula is C22H18F3N3O5S. The molecule has 3 aromatic rings. The molecule has 1 aromatic carbocycles. The number of Topliss-reactive ketones (excluding diaryl/α,β-unsaturated/α-hetero) is 1. The number of sulfonamides is 1. The zero-order valence-corrected chi connectivity index (χ0v) is 18.5. The van der Waals surface area contributed by atoms with Crippen molar-refractivity contribution in [3.05, 3.63) is 65.7 Å². The van der Waals surface area contributed by atoms with E-state index in [4.69, 9.17) is 9.47 Å². The largest absolute Gasteiger partial charge is 0.464 e. The van der Waals surface area contributed by atoms with Crippen molar-refractivity contribution >= 4 is 21.6 Å². The van der Waals surface area contributed by atoms with E-state index in [2.05, 4.69) is 14.7 Å². The standard InChI is InChI=1S/C22H18F3N3O5S/c1-13-5-2-3-6-14(13)21-15(22(23,24)25)9-10-18(26-21)28-34(30,31)20-8-4-7-19(27-20)33-17-12-32-11-16(17)29/h2-10,17H,11-12H2,1H3,(H,26,28). The monoisotopic (exact) mass is 493 g/mol. The van der Waals surface area contributed by atoms with Gasteiger partial charge in [-0.3, -0.25) is 9.52 Å². The average molecular weight is 493 g/mol. The molecule has 0 bridgehead atoms. The van der Waals surface area contributed by atoms with Crippen molar-refractivity contribution < 1.29 is 35.9 Å². The fourth-order valence-corrected chi connectivity index (χ4v) is 4.25. The summed E-state index contributed by atoms with van der Waals surface area (Å²) in [5, 5.41) is -0.462. The molecule has 1 N–H and O–H groups in total. The Bertz CT molecular complexity index is 1350. The summed E-state index contributed by atoms with van der Waals surface area (Å²) in [4.78, 5) is 19.5. The second kappa shape index (κ2) is 9.03. The Labute approximate surface area is 192 Å². The second-order valence-corrected chi connectivity index (χ2v) is 9.04. The van der Waals surface area contributed by atoms with Crippen LogP contribution in [-0.2, 0) is 25.7 Å². The smallest absolute Gasteiger partial charge is 0.418 e. The molecule has 4 rings (SSSR count). The minimum atomic E-state index is -4.70. The molecule has 0 spiro atoms. The Balaban J connectivity index is 1.66. The van der Waals surface area contributed by atoms with Gasteiger partial charge in [0.1, 0.15) is 12.4 Å². The number of halogens is 3. The first-order valence-corrected chi connectivity index (χ1v) is 11.4. The number of carbonyl (C=O) groups excluding carboxylic acids is 1. The summed E-state index contributed by atoms with van der Waals surface area (Å²) in [6, 6.07) is 11.9. The molecule has 34 heavy (non-hydrogen) atoms. The number of ether oxygens (including phenoxy) is 2. The van der Waals surface area contributed by atoms with Gasteiger partial charge in [-0.05, 0) is 30.7 Å². The predicted octanol–water partition coefficient (Wildman–Crippen LogP) is 3.62. The third-order valence-electron chi connectivity index (χ3n) is 4.95. The van der Waals surface area contributed by atoms with Crippen molar-refractivity contribution in [3.63, 3.8) is 0 Å². The molecule has 1 unspecified atom stereocenters. The van der Waals surface area contributed by atoms with Crippen molar-refractivity contribution in [1.82, 2.24) is 9.97 Å². The molecule has 1 saturated heterocycles. The van der Waals surface area contributed by atoms with Crippen LogP contribution >= 0.6 is 0 Å². The summed E-state index contributed by atoms with van der Waals surface area (Å²) in [5.74, 6) is -0.739. The molecule has 2 aromatic heterocycles. The lowest BCUT2D eigenvalue weighted by Gasteiger charge is -2.16. The molecule has 178 valence electrons. The molecule has 0 saturated carbocycles. The number of rotatable bonds is 6. The number of benzene rings is 1. The van der Waals surface area contributed by atoms with E-state index in [1.807, 2.05) is 0 Å². The number of pyridine rings is 2. The molecule has 8 nitrogen and oxygen atoms in total. The van der Waals surface area contributed by atoms with Gasteiger partial charge in [0.15, 0.2) is 11.1 Å². The lowest BCUT2D eigenvalue weighted by atomic mass is 10.0. The number of nitrogens with zero attached hydrogens (tertiary/aromatic N) is 2. The van der Waals surface area contributed by atoms with E-state index in [1.54, 1.807) is 25.1 Å². The summed E-state index contributed by atoms with van der Waals surface area (Å²) in [6.45, 7) is 1.55. The van der Waals surface area contributed by atoms with Crippen LogP contribution in [0.3, 0.4) is 0 Å². The predicted molar refractivity (Wildman–Crippen MR) is 115 cm³/mol. The van der Waals surface area contributed by atoms with Gasteiger partial charge < -0.3 is 9.47 Å². The van der Waals surface area contributed by atoms with E-state index in [-0.39, 0.29) is 36.3 Å². The molecular weight excluding hydrogens is 475 g/mol. The fourth-order valence-electron chi connectivity index (χ4n) is 3.29. The topological polar surface area (TPSA) is 107 Å². The number of anilines is 1. The number of carbonyl (C=O) groups is 1. The Morgan fingerprint density at radius 3 is 2.50 bits per heavy atom. The zero-order valence-electron chi connectivity index (χ0n) is 17.7. The molecule has 3 heterocycles. The van der Waals surface area contributed by atoms with Gasteiger partial charge >= 0.3 is 6.18 Å². The van der Waals surface area contributed by atoms with Crippen molar-refractivity contribution in [3.8, 4) is 17.1 Å². The maximum atomic E-state index is 13.6. The Morgan fingerprint density at radius 1 is 1.06 bits per heavy atom. The van der Waals surface area contributed by atoms with Crippen molar-refractivity contribution in [2.75, 3.05) is 17.9 Å². The van der Waals surface area contributed by atoms with Crippen LogP contribution in [0.2, 0.25) is 0 Å². The molecule has 12 heteroatoms. The highest BCUT2D eigenvalue weighted by atomic mass is 32.2. The van der Waals surface area contributed by atoms with E-state index in [9.17, 15) is 26.4 Å². The van der Waals surface area contributed by atoms with Crippen LogP contribution in [0.1, 0.15) is 11.1 Å². The van der Waals surface area contributed by atoms with Crippen LogP contribution in [0.4, 0.5) is 19.0 Å². The molecule has 0 amide bonds. The average Bonchev–Trinajstić information content (AvgIpc) is 3.17. The van der Waals surface area contributed by atoms with E-state index < -0.39 is 38.6 Å². The molecule has 1 fully saturated rings. The Hall–Kier alpha value is -3.51. The number of aryl methyl sites for hydroxylation is 1. The number of ketones is 1. The molecule has 0 radical (unpaired) electrons. The van der Waals surface area contributed by atoms with E-state index in [0.717, 1.165) is 12.1 Å². The van der Waals surface area contributed by atoms with Crippen LogP contribution in [-0.4, -0.2) is 43.5 Å². The van der Waals surface area contributed by atoms with Gasteiger partial charge in [-0.2, -0.15) is 26.6 Å². The van der Waals surface area contributed by atoms with Gasteiger partial charge in [-0.25, -0.2) is 4.98 Å². The molecule has 1 atom stereocenters. The van der Waals surface area contributed by atoms with Gasteiger partial charge in [0, 0.05) is 11.6 Å². The highest BCUT2D eigenvalue weighted by molar-refractivity contribution is 7.92. The first kappa shape index (κ1) is 23.6. The van der Waals surface area contributed by atoms with Crippen molar-refractivity contribution in [2.24, 2.45) is 0 Å². The van der Waals surface area contributed by atoms with Crippen LogP contribution < -0.4 is 9.46 Å². The summed E-state index contributed by atoms with van der Waals surface area (Å²) in [5.41, 5.74) is -0.650. The number of alkyl halides is 3. The first-order valence-electron chi connectivity index (χ1n) is 9.96. The number of aromatic nitrogens is 2. The highest BCUT2D eigenvalue weighted by Crippen LogP contribution is 2.38. The van der Waals surface area contributed by atoms with Crippen molar-refractivity contribution in [1.29, 1.82) is 0 Å². The van der Waals surface area contributed by atoms with E-state index in [0.29, 0.717) is 5.56 Å². The van der Waals surface area contributed by atoms with Crippen LogP contribution in [0.5, 0.6) is 5.88 Å². The molecule has 1 aliphatic rings. The summed E-state index contributed by atoms with van der Waals surface area (Å²) in [7, 11) is -4.34. The highest BCUT2D eigenvalue weighted by Gasteiger charge is 2.35. The van der Waals surface area contributed by atoms with Gasteiger partial charge in [0.2, 0.25) is 11.7 Å². The zero-order chi connectivity index (χ0) is 24.5. The van der Waals surface area contributed by atoms with Gasteiger partial charge in [0.05, 0.1) is 17.9 Å². The minimum absolute atomic E-state index is 0.0207. The Kier molecular flexibility index (Phi) is 6.28. The SMILES string of the molecule is Cc1ccccc1-c1nc(NS(=O)(=O)c2cccc(OC3COCC3=O)n2)ccc1C(F)(F)F. The maximum absolute atomic E-state index is 13.6. The van der Waals surface area contributed by atoms with Gasteiger partial charge in [-0.1, -0.05) is 30.3 Å². The van der Waals surface area contributed by atoms with Gasteiger partial charge in [0.25, 0.3) is 10.0 Å². The third kappa shape index (κ3) is 5.02. The van der Waals surface area contributed by atoms with Crippen molar-refractivity contribution in [2.45, 2.75) is 24.2 Å². The van der Waals surface area contributed by atoms with Crippen LogP contribution in [0, 0.1) is 6.92 Å². The lowest BCUT2D eigenvalue weighted by Crippen LogP contribution is -2.26. The Morgan fingerprint density at radius 2 is 1.82 bits per heavy atom. The molecule has 0 aliphatic carbocycles. The number of nitrogens with one attached hydrogen (secondary N) is 1. The molecule has 1 aliphatic heterocycles. The fraction of sp³-hybridized carbons (Fsp3) is 0.227. The summed E-state index contributed by atoms with van der Waals surface area (Å²) < 4.78 is 79.1. The van der Waals surface area contributed by atoms with Gasteiger partial charge in [-0.15, -0.1) is 0 Å². The first-order chi connectivity index (χ1) is 16.0. The summed E-state index contributed by atoms with van der Waals surface area (Å²) >= 11 is 0. The second-order valence-electron chi connectivity index (χ2n) is 7.41. The van der Waals surface area contributed by atoms with E-state index >= 15 is 0 Å². The lowest BCUT2D eigenvalue weighted by molar-refractivity contribution is -0.137. The van der Waals surface area contributed by atoms with E-state index in [1.165, 1.54) is 24.3 Å². The summed E-state index contributed by atoms with van der Waals surface area (Å²) in [6.07, 6.45) is -5.59. The third-order valence-corrected chi connectivity index (χ3v) is 6.20. The minimum Gasteiger partial charge on any atom is -0.464 e.